The Labute approximate surface area is 359 Å². The fourth-order valence-electron chi connectivity index (χ4n) is 7.78. The lowest BCUT2D eigenvalue weighted by molar-refractivity contribution is -0.141. The molecule has 8 nitrogen and oxygen atoms in total. The molecule has 1 atom stereocenters. The molecule has 2 amide bonds. The van der Waals surface area contributed by atoms with Crippen molar-refractivity contribution in [3.05, 3.63) is 98.1 Å². The normalized spacial score (nSPS) is 18.0. The number of carbonyl (C=O) groups excluding carboxylic acids is 3. The molecule has 1 aliphatic rings. The Morgan fingerprint density at radius 2 is 1.29 bits per heavy atom. The topological polar surface area (TPSA) is 101 Å². The number of ether oxygens (including phenoxy) is 2. The van der Waals surface area contributed by atoms with E-state index < -0.39 is 12.0 Å². The zero-order valence-corrected chi connectivity index (χ0v) is 36.3. The zero-order chi connectivity index (χ0) is 41.1. The summed E-state index contributed by atoms with van der Waals surface area (Å²) in [6.45, 7) is 2.78. The highest BCUT2D eigenvalue weighted by Gasteiger charge is 2.37. The smallest absolute Gasteiger partial charge is 0.355 e. The van der Waals surface area contributed by atoms with Gasteiger partial charge in [0.05, 0.1) is 16.7 Å². The number of nitrogens with one attached hydrogen (secondary N) is 2. The van der Waals surface area contributed by atoms with E-state index in [9.17, 15) is 14.4 Å². The Hall–Kier alpha value is -3.72. The standard InChI is InChI=1S/C47H60Cl3N3O5/c1-2-57-47(56)44-43(38-27-24-36(48)31-41(38)52-44)45-46(55)51-29-19-17-15-13-11-9-7-5-3-4-6-8-10-12-14-16-18-20-42(54)53(45)32-34-21-25-37(26-22-34)58-33-35-23-28-39(49)40(50)30-35/h21-28,30-31,45,52H,2-20,29,32-33H2,1H3,(H,51,55). The lowest BCUT2D eigenvalue weighted by Crippen LogP contribution is -2.44. The monoisotopic (exact) mass is 851 g/mol. The maximum atomic E-state index is 14.7. The van der Waals surface area contributed by atoms with Crippen LogP contribution in [0.15, 0.2) is 60.7 Å². The van der Waals surface area contributed by atoms with Crippen LogP contribution in [0.1, 0.15) is 156 Å². The summed E-state index contributed by atoms with van der Waals surface area (Å²) in [5.74, 6) is -0.464. The fraction of sp³-hybridized carbons (Fsp3) is 0.511. The van der Waals surface area contributed by atoms with Crippen LogP contribution in [0.2, 0.25) is 15.1 Å². The number of hydrogen-bond donors (Lipinski definition) is 2. The van der Waals surface area contributed by atoms with Gasteiger partial charge in [-0.3, -0.25) is 9.59 Å². The maximum Gasteiger partial charge on any atom is 0.355 e. The van der Waals surface area contributed by atoms with Crippen LogP contribution in [0.25, 0.3) is 10.9 Å². The van der Waals surface area contributed by atoms with Gasteiger partial charge in [0.25, 0.3) is 0 Å². The summed E-state index contributed by atoms with van der Waals surface area (Å²) in [4.78, 5) is 47.8. The second-order valence-corrected chi connectivity index (χ2v) is 16.7. The molecule has 1 saturated heterocycles. The van der Waals surface area contributed by atoms with Crippen LogP contribution in [0, 0.1) is 0 Å². The van der Waals surface area contributed by atoms with Gasteiger partial charge in [-0.15, -0.1) is 0 Å². The van der Waals surface area contributed by atoms with Crippen LogP contribution in [0.4, 0.5) is 0 Å². The van der Waals surface area contributed by atoms with Crippen LogP contribution >= 0.6 is 34.8 Å². The number of rotatable bonds is 8. The van der Waals surface area contributed by atoms with E-state index in [4.69, 9.17) is 44.3 Å². The largest absolute Gasteiger partial charge is 0.489 e. The van der Waals surface area contributed by atoms with Crippen molar-refractivity contribution in [2.75, 3.05) is 13.2 Å². The first-order chi connectivity index (χ1) is 28.2. The molecule has 3 aromatic carbocycles. The number of H-pyrrole nitrogens is 1. The molecule has 2 heterocycles. The van der Waals surface area contributed by atoms with E-state index in [0.29, 0.717) is 56.9 Å². The van der Waals surface area contributed by atoms with Gasteiger partial charge in [-0.2, -0.15) is 0 Å². The SMILES string of the molecule is CCOC(=O)c1[nH]c2cc(Cl)ccc2c1C1C(=O)NCCCCCCCCCCCCCCCCCCCC(=O)N1Cc1ccc(OCc2ccc(Cl)c(Cl)c2)cc1. The van der Waals surface area contributed by atoms with E-state index in [-0.39, 0.29) is 37.1 Å². The van der Waals surface area contributed by atoms with E-state index in [2.05, 4.69) is 10.3 Å². The number of carbonyl (C=O) groups is 3. The molecule has 58 heavy (non-hydrogen) atoms. The zero-order valence-electron chi connectivity index (χ0n) is 34.0. The summed E-state index contributed by atoms with van der Waals surface area (Å²) in [5, 5.41) is 5.21. The number of halogens is 3. The molecule has 314 valence electrons. The van der Waals surface area contributed by atoms with E-state index in [0.717, 1.165) is 49.7 Å². The summed E-state index contributed by atoms with van der Waals surface area (Å²) in [6.07, 6.45) is 19.9. The number of amides is 2. The van der Waals surface area contributed by atoms with Crippen LogP contribution < -0.4 is 10.1 Å². The van der Waals surface area contributed by atoms with Crippen molar-refractivity contribution in [2.24, 2.45) is 0 Å². The Balaban J connectivity index is 1.45. The van der Waals surface area contributed by atoms with Gasteiger partial charge < -0.3 is 24.7 Å². The lowest BCUT2D eigenvalue weighted by atomic mass is 9.98. The van der Waals surface area contributed by atoms with Gasteiger partial charge in [-0.1, -0.05) is 155 Å². The second kappa shape index (κ2) is 24.4. The highest BCUT2D eigenvalue weighted by Crippen LogP contribution is 2.36. The fourth-order valence-corrected chi connectivity index (χ4v) is 8.27. The molecule has 1 aromatic heterocycles. The highest BCUT2D eigenvalue weighted by molar-refractivity contribution is 6.42. The molecule has 4 aromatic rings. The molecule has 11 heteroatoms. The van der Waals surface area contributed by atoms with E-state index >= 15 is 0 Å². The van der Waals surface area contributed by atoms with Gasteiger partial charge in [0.1, 0.15) is 24.1 Å². The average molecular weight is 853 g/mol. The number of fused-ring (bicyclic) bond motifs is 1. The molecule has 1 aliphatic heterocycles. The first-order valence-corrected chi connectivity index (χ1v) is 22.6. The number of benzene rings is 3. The third kappa shape index (κ3) is 13.9. The molecular formula is C47H60Cl3N3O5. The molecule has 2 N–H and O–H groups in total. The molecule has 0 aliphatic carbocycles. The summed E-state index contributed by atoms with van der Waals surface area (Å²) in [7, 11) is 0. The molecule has 1 fully saturated rings. The van der Waals surface area contributed by atoms with Crippen molar-refractivity contribution in [2.45, 2.75) is 142 Å². The summed E-state index contributed by atoms with van der Waals surface area (Å²) in [5.41, 5.74) is 2.80. The first-order valence-electron chi connectivity index (χ1n) is 21.5. The number of aromatic nitrogens is 1. The van der Waals surface area contributed by atoms with E-state index in [1.807, 2.05) is 30.3 Å². The molecule has 0 bridgehead atoms. The van der Waals surface area contributed by atoms with Crippen molar-refractivity contribution in [3.8, 4) is 5.75 Å². The molecule has 0 spiro atoms. The number of hydrogen-bond acceptors (Lipinski definition) is 5. The van der Waals surface area contributed by atoms with Crippen molar-refractivity contribution < 1.29 is 23.9 Å². The second-order valence-electron chi connectivity index (χ2n) is 15.5. The van der Waals surface area contributed by atoms with Crippen LogP contribution in [-0.4, -0.2) is 40.8 Å². The summed E-state index contributed by atoms with van der Waals surface area (Å²) < 4.78 is 11.6. The predicted octanol–water partition coefficient (Wildman–Crippen LogP) is 13.1. The predicted molar refractivity (Wildman–Crippen MR) is 236 cm³/mol. The molecule has 5 rings (SSSR count). The highest BCUT2D eigenvalue weighted by atomic mass is 35.5. The molecule has 0 radical (unpaired) electrons. The number of nitrogens with zero attached hydrogens (tertiary/aromatic N) is 1. The van der Waals surface area contributed by atoms with Crippen molar-refractivity contribution in [3.63, 3.8) is 0 Å². The minimum atomic E-state index is -1.13. The van der Waals surface area contributed by atoms with Gasteiger partial charge >= 0.3 is 5.97 Å². The number of aromatic amines is 1. The van der Waals surface area contributed by atoms with Crippen molar-refractivity contribution >= 4 is 63.5 Å². The van der Waals surface area contributed by atoms with Gasteiger partial charge in [0.15, 0.2) is 0 Å². The Bertz CT molecular complexity index is 1910. The van der Waals surface area contributed by atoms with E-state index in [1.165, 1.54) is 64.2 Å². The van der Waals surface area contributed by atoms with Gasteiger partial charge in [-0.25, -0.2) is 4.79 Å². The molecular weight excluding hydrogens is 793 g/mol. The maximum absolute atomic E-state index is 14.7. The average Bonchev–Trinajstić information content (AvgIpc) is 3.58. The Morgan fingerprint density at radius 1 is 0.707 bits per heavy atom. The van der Waals surface area contributed by atoms with Crippen LogP contribution in [-0.2, 0) is 27.5 Å². The minimum Gasteiger partial charge on any atom is -0.489 e. The molecule has 0 saturated carbocycles. The quantitative estimate of drug-likeness (QED) is 0.172. The van der Waals surface area contributed by atoms with Crippen LogP contribution in [0.3, 0.4) is 0 Å². The van der Waals surface area contributed by atoms with E-state index in [1.54, 1.807) is 42.2 Å². The van der Waals surface area contributed by atoms with Gasteiger partial charge in [-0.05, 0) is 67.3 Å². The number of esters is 1. The van der Waals surface area contributed by atoms with Crippen molar-refractivity contribution in [1.82, 2.24) is 15.2 Å². The minimum absolute atomic E-state index is 0.131. The lowest BCUT2D eigenvalue weighted by Gasteiger charge is -2.32. The van der Waals surface area contributed by atoms with Crippen molar-refractivity contribution in [1.29, 1.82) is 0 Å². The Morgan fingerprint density at radius 3 is 1.90 bits per heavy atom. The summed E-state index contributed by atoms with van der Waals surface area (Å²) in [6, 6.07) is 17.0. The third-order valence-electron chi connectivity index (χ3n) is 11.0. The van der Waals surface area contributed by atoms with Crippen LogP contribution in [0.5, 0.6) is 5.75 Å². The summed E-state index contributed by atoms with van der Waals surface area (Å²) >= 11 is 18.7. The Kier molecular flexibility index (Phi) is 19.1. The van der Waals surface area contributed by atoms with Gasteiger partial charge in [0, 0.05) is 41.0 Å². The molecule has 1 unspecified atom stereocenters. The van der Waals surface area contributed by atoms with Gasteiger partial charge in [0.2, 0.25) is 11.8 Å². The third-order valence-corrected chi connectivity index (χ3v) is 11.9. The first kappa shape index (κ1) is 45.4.